The van der Waals surface area contributed by atoms with E-state index in [2.05, 4.69) is 25.5 Å². The molecule has 0 radical (unpaired) electrons. The summed E-state index contributed by atoms with van der Waals surface area (Å²) in [5.74, 6) is -3.55. The Labute approximate surface area is 169 Å². The van der Waals surface area contributed by atoms with Crippen molar-refractivity contribution in [1.82, 2.24) is 25.1 Å². The number of hydrogen-bond donors (Lipinski definition) is 2. The number of aromatic amines is 1. The summed E-state index contributed by atoms with van der Waals surface area (Å²) < 4.78 is 26.7. The maximum atomic E-state index is 13.3. The fourth-order valence-corrected chi connectivity index (χ4v) is 4.27. The highest BCUT2D eigenvalue weighted by atomic mass is 32.1. The van der Waals surface area contributed by atoms with Crippen LogP contribution in [0.15, 0.2) is 29.2 Å². The number of nitrogens with one attached hydrogen (secondary N) is 2. The summed E-state index contributed by atoms with van der Waals surface area (Å²) in [4.78, 5) is 23.0. The SMILES string of the molecule is CC1Cc2[nH]nc(-c3cscn3)c2CN1C(=O)Nc1ccnc(C2CC2(F)F)c1. The summed E-state index contributed by atoms with van der Waals surface area (Å²) in [6.45, 7) is 2.36. The Kier molecular flexibility index (Phi) is 4.12. The van der Waals surface area contributed by atoms with Crippen LogP contribution in [0.2, 0.25) is 0 Å². The van der Waals surface area contributed by atoms with Gasteiger partial charge in [0.15, 0.2) is 0 Å². The molecule has 1 aliphatic heterocycles. The van der Waals surface area contributed by atoms with Gasteiger partial charge in [-0.15, -0.1) is 11.3 Å². The molecule has 2 amide bonds. The molecule has 150 valence electrons. The largest absolute Gasteiger partial charge is 0.322 e. The van der Waals surface area contributed by atoms with Gasteiger partial charge in [0.2, 0.25) is 0 Å². The summed E-state index contributed by atoms with van der Waals surface area (Å²) >= 11 is 1.49. The maximum absolute atomic E-state index is 13.3. The van der Waals surface area contributed by atoms with Crippen molar-refractivity contribution in [2.45, 2.75) is 44.2 Å². The molecule has 1 saturated carbocycles. The van der Waals surface area contributed by atoms with Crippen LogP contribution in [0.3, 0.4) is 0 Å². The van der Waals surface area contributed by atoms with Crippen molar-refractivity contribution in [2.24, 2.45) is 0 Å². The number of nitrogens with zero attached hydrogens (tertiary/aromatic N) is 4. The van der Waals surface area contributed by atoms with Crippen molar-refractivity contribution in [3.05, 3.63) is 46.2 Å². The van der Waals surface area contributed by atoms with Gasteiger partial charge in [-0.25, -0.2) is 18.6 Å². The zero-order chi connectivity index (χ0) is 20.2. The first-order chi connectivity index (χ1) is 13.9. The van der Waals surface area contributed by atoms with Crippen molar-refractivity contribution >= 4 is 23.1 Å². The Balaban J connectivity index is 1.35. The molecule has 1 fully saturated rings. The molecule has 0 spiro atoms. The first-order valence-electron chi connectivity index (χ1n) is 9.28. The molecule has 2 aliphatic rings. The lowest BCUT2D eigenvalue weighted by atomic mass is 9.99. The molecule has 0 aromatic carbocycles. The Bertz CT molecular complexity index is 1070. The van der Waals surface area contributed by atoms with E-state index in [9.17, 15) is 13.6 Å². The first-order valence-corrected chi connectivity index (χ1v) is 10.2. The van der Waals surface area contributed by atoms with E-state index in [0.29, 0.717) is 24.3 Å². The van der Waals surface area contributed by atoms with E-state index in [-0.39, 0.29) is 18.5 Å². The Morgan fingerprint density at radius 1 is 1.41 bits per heavy atom. The number of anilines is 1. The van der Waals surface area contributed by atoms with Crippen molar-refractivity contribution < 1.29 is 13.6 Å². The number of aromatic nitrogens is 4. The number of pyridine rings is 1. The highest BCUT2D eigenvalue weighted by Gasteiger charge is 2.58. The van der Waals surface area contributed by atoms with E-state index in [1.807, 2.05) is 12.3 Å². The number of fused-ring (bicyclic) bond motifs is 1. The minimum Gasteiger partial charge on any atom is -0.317 e. The zero-order valence-corrected chi connectivity index (χ0v) is 16.3. The Morgan fingerprint density at radius 3 is 2.97 bits per heavy atom. The maximum Gasteiger partial charge on any atom is 0.322 e. The van der Waals surface area contributed by atoms with Crippen LogP contribution in [0.5, 0.6) is 0 Å². The van der Waals surface area contributed by atoms with Crippen LogP contribution >= 0.6 is 11.3 Å². The lowest BCUT2D eigenvalue weighted by molar-refractivity contribution is 0.111. The molecule has 1 aliphatic carbocycles. The highest BCUT2D eigenvalue weighted by molar-refractivity contribution is 7.07. The standard InChI is InChI=1S/C19H18F2N6OS/c1-10-4-14-12(17(26-25-14)16-8-29-9-23-16)7-27(10)18(28)24-11-2-3-22-15(5-11)13-6-19(13,20)21/h2-3,5,8-10,13H,4,6-7H2,1H3,(H,25,26)(H,22,24,28). The monoisotopic (exact) mass is 416 g/mol. The van der Waals surface area contributed by atoms with Gasteiger partial charge >= 0.3 is 6.03 Å². The van der Waals surface area contributed by atoms with Gasteiger partial charge < -0.3 is 10.2 Å². The van der Waals surface area contributed by atoms with Gasteiger partial charge in [0.25, 0.3) is 5.92 Å². The molecule has 3 aromatic heterocycles. The zero-order valence-electron chi connectivity index (χ0n) is 15.5. The summed E-state index contributed by atoms with van der Waals surface area (Å²) in [5.41, 5.74) is 6.02. The van der Waals surface area contributed by atoms with Gasteiger partial charge in [0, 0.05) is 47.4 Å². The van der Waals surface area contributed by atoms with E-state index in [0.717, 1.165) is 22.6 Å². The number of carbonyl (C=O) groups is 1. The van der Waals surface area contributed by atoms with Crippen molar-refractivity contribution in [3.8, 4) is 11.4 Å². The molecular formula is C19H18F2N6OS. The molecule has 5 rings (SSSR count). The van der Waals surface area contributed by atoms with Gasteiger partial charge in [0.1, 0.15) is 11.4 Å². The second kappa shape index (κ2) is 6.58. The number of carbonyl (C=O) groups excluding carboxylic acids is 1. The number of urea groups is 1. The van der Waals surface area contributed by atoms with Crippen LogP contribution in [-0.2, 0) is 13.0 Å². The fourth-order valence-electron chi connectivity index (χ4n) is 3.73. The summed E-state index contributed by atoms with van der Waals surface area (Å²) in [6, 6.07) is 2.82. The molecule has 10 heteroatoms. The number of halogens is 2. The molecule has 7 nitrogen and oxygen atoms in total. The van der Waals surface area contributed by atoms with Crippen LogP contribution in [0.1, 0.15) is 36.2 Å². The molecular weight excluding hydrogens is 398 g/mol. The van der Waals surface area contributed by atoms with E-state index in [1.54, 1.807) is 16.5 Å². The number of thiazole rings is 1. The highest BCUT2D eigenvalue weighted by Crippen LogP contribution is 2.55. The summed E-state index contributed by atoms with van der Waals surface area (Å²) in [5, 5.41) is 12.2. The quantitative estimate of drug-likeness (QED) is 0.675. The van der Waals surface area contributed by atoms with Gasteiger partial charge in [-0.2, -0.15) is 5.10 Å². The summed E-state index contributed by atoms with van der Waals surface area (Å²) in [6.07, 6.45) is 1.91. The molecule has 2 N–H and O–H groups in total. The minimum atomic E-state index is -2.69. The molecule has 0 saturated heterocycles. The molecule has 2 atom stereocenters. The normalized spacial score (nSPS) is 22.2. The van der Waals surface area contributed by atoms with E-state index >= 15 is 0 Å². The smallest absolute Gasteiger partial charge is 0.317 e. The molecule has 29 heavy (non-hydrogen) atoms. The van der Waals surface area contributed by atoms with Crippen LogP contribution in [0, 0.1) is 0 Å². The lowest BCUT2D eigenvalue weighted by Gasteiger charge is -2.33. The minimum absolute atomic E-state index is 0.0414. The number of H-pyrrole nitrogens is 1. The number of hydrogen-bond acceptors (Lipinski definition) is 5. The average molecular weight is 416 g/mol. The van der Waals surface area contributed by atoms with Crippen LogP contribution in [-0.4, -0.2) is 43.1 Å². The second-order valence-electron chi connectivity index (χ2n) is 7.50. The first kappa shape index (κ1) is 18.2. The van der Waals surface area contributed by atoms with E-state index in [4.69, 9.17) is 0 Å². The van der Waals surface area contributed by atoms with Gasteiger partial charge in [-0.3, -0.25) is 10.1 Å². The molecule has 0 bridgehead atoms. The third kappa shape index (κ3) is 3.27. The predicted molar refractivity (Wildman–Crippen MR) is 104 cm³/mol. The third-order valence-electron chi connectivity index (χ3n) is 5.46. The van der Waals surface area contributed by atoms with Gasteiger partial charge in [-0.05, 0) is 19.1 Å². The Hall–Kier alpha value is -2.88. The number of alkyl halides is 2. The molecule has 3 aromatic rings. The average Bonchev–Trinajstić information content (AvgIpc) is 3.08. The van der Waals surface area contributed by atoms with Crippen molar-refractivity contribution in [2.75, 3.05) is 5.32 Å². The molecule has 4 heterocycles. The van der Waals surface area contributed by atoms with Crippen LogP contribution in [0.4, 0.5) is 19.3 Å². The van der Waals surface area contributed by atoms with Crippen LogP contribution in [0.25, 0.3) is 11.4 Å². The van der Waals surface area contributed by atoms with Crippen LogP contribution < -0.4 is 5.32 Å². The van der Waals surface area contributed by atoms with Crippen molar-refractivity contribution in [1.29, 1.82) is 0 Å². The number of amides is 2. The summed E-state index contributed by atoms with van der Waals surface area (Å²) in [7, 11) is 0. The third-order valence-corrected chi connectivity index (χ3v) is 6.05. The van der Waals surface area contributed by atoms with E-state index in [1.165, 1.54) is 23.6 Å². The lowest BCUT2D eigenvalue weighted by Crippen LogP contribution is -2.44. The number of rotatable bonds is 3. The van der Waals surface area contributed by atoms with Crippen molar-refractivity contribution in [3.63, 3.8) is 0 Å². The molecule has 2 unspecified atom stereocenters. The second-order valence-corrected chi connectivity index (χ2v) is 8.22. The van der Waals surface area contributed by atoms with Gasteiger partial charge in [0.05, 0.1) is 23.7 Å². The predicted octanol–water partition coefficient (Wildman–Crippen LogP) is 4.03. The van der Waals surface area contributed by atoms with Gasteiger partial charge in [-0.1, -0.05) is 0 Å². The van der Waals surface area contributed by atoms with E-state index < -0.39 is 11.8 Å². The Morgan fingerprint density at radius 2 is 2.24 bits per heavy atom. The fraction of sp³-hybridized carbons (Fsp3) is 0.368. The topological polar surface area (TPSA) is 86.8 Å².